The van der Waals surface area contributed by atoms with Crippen molar-refractivity contribution in [2.45, 2.75) is 44.6 Å². The minimum absolute atomic E-state index is 0.654. The SMILES string of the molecule is CC(=O)O[C@@H]1C(O)O[C@@H](C)[C@@H](O)[C@H]1O. The van der Waals surface area contributed by atoms with E-state index in [0.29, 0.717) is 0 Å². The Morgan fingerprint density at radius 2 is 1.86 bits per heavy atom. The average Bonchev–Trinajstić information content (AvgIpc) is 2.09. The van der Waals surface area contributed by atoms with Gasteiger partial charge >= 0.3 is 5.97 Å². The molecule has 3 N–H and O–H groups in total. The molecule has 1 aliphatic rings. The van der Waals surface area contributed by atoms with Crippen molar-refractivity contribution in [2.75, 3.05) is 0 Å². The summed E-state index contributed by atoms with van der Waals surface area (Å²) in [5.74, 6) is -0.654. The van der Waals surface area contributed by atoms with Crippen LogP contribution in [0.15, 0.2) is 0 Å². The van der Waals surface area contributed by atoms with Gasteiger partial charge in [-0.05, 0) is 6.92 Å². The molecule has 0 amide bonds. The van der Waals surface area contributed by atoms with E-state index in [0.717, 1.165) is 6.92 Å². The first-order valence-electron chi connectivity index (χ1n) is 4.30. The van der Waals surface area contributed by atoms with Crippen molar-refractivity contribution in [3.8, 4) is 0 Å². The quantitative estimate of drug-likeness (QED) is 0.446. The number of esters is 1. The molecule has 1 aliphatic heterocycles. The first kappa shape index (κ1) is 11.4. The first-order chi connectivity index (χ1) is 6.43. The Kier molecular flexibility index (Phi) is 3.43. The van der Waals surface area contributed by atoms with Crippen LogP contribution in [0.3, 0.4) is 0 Å². The number of aliphatic hydroxyl groups is 3. The molecule has 82 valence electrons. The highest BCUT2D eigenvalue weighted by molar-refractivity contribution is 5.66. The summed E-state index contributed by atoms with van der Waals surface area (Å²) in [7, 11) is 0. The van der Waals surface area contributed by atoms with Crippen molar-refractivity contribution in [3.05, 3.63) is 0 Å². The molecule has 6 heteroatoms. The normalized spacial score (nSPS) is 43.4. The fraction of sp³-hybridized carbons (Fsp3) is 0.875. The number of aliphatic hydroxyl groups excluding tert-OH is 3. The van der Waals surface area contributed by atoms with Crippen molar-refractivity contribution >= 4 is 5.97 Å². The number of hydrogen-bond acceptors (Lipinski definition) is 6. The molecule has 0 saturated carbocycles. The van der Waals surface area contributed by atoms with Crippen LogP contribution in [-0.2, 0) is 14.3 Å². The molecule has 1 fully saturated rings. The number of carbonyl (C=O) groups is 1. The maximum Gasteiger partial charge on any atom is 0.303 e. The van der Waals surface area contributed by atoms with Gasteiger partial charge in [-0.15, -0.1) is 0 Å². The molecule has 14 heavy (non-hydrogen) atoms. The lowest BCUT2D eigenvalue weighted by Gasteiger charge is -2.38. The Balaban J connectivity index is 2.68. The maximum atomic E-state index is 10.6. The molecule has 0 aromatic carbocycles. The van der Waals surface area contributed by atoms with Crippen molar-refractivity contribution < 1.29 is 29.6 Å². The van der Waals surface area contributed by atoms with Crippen LogP contribution in [0.2, 0.25) is 0 Å². The van der Waals surface area contributed by atoms with Crippen LogP contribution in [0, 0.1) is 0 Å². The van der Waals surface area contributed by atoms with E-state index in [1.54, 1.807) is 0 Å². The van der Waals surface area contributed by atoms with E-state index in [4.69, 9.17) is 4.74 Å². The van der Waals surface area contributed by atoms with Gasteiger partial charge < -0.3 is 24.8 Å². The Labute approximate surface area is 81.1 Å². The van der Waals surface area contributed by atoms with E-state index < -0.39 is 36.7 Å². The van der Waals surface area contributed by atoms with Gasteiger partial charge in [0.2, 0.25) is 0 Å². The van der Waals surface area contributed by atoms with E-state index >= 15 is 0 Å². The molecule has 0 bridgehead atoms. The number of rotatable bonds is 1. The third kappa shape index (κ3) is 2.21. The number of ether oxygens (including phenoxy) is 2. The average molecular weight is 206 g/mol. The lowest BCUT2D eigenvalue weighted by atomic mass is 10.00. The van der Waals surface area contributed by atoms with Crippen LogP contribution in [0.4, 0.5) is 0 Å². The maximum absolute atomic E-state index is 10.6. The zero-order valence-corrected chi connectivity index (χ0v) is 7.95. The number of carbonyl (C=O) groups excluding carboxylic acids is 1. The molecule has 1 saturated heterocycles. The fourth-order valence-corrected chi connectivity index (χ4v) is 1.34. The van der Waals surface area contributed by atoms with E-state index in [9.17, 15) is 20.1 Å². The predicted molar refractivity (Wildman–Crippen MR) is 44.1 cm³/mol. The van der Waals surface area contributed by atoms with Gasteiger partial charge in [0.15, 0.2) is 12.4 Å². The van der Waals surface area contributed by atoms with Gasteiger partial charge in [-0.2, -0.15) is 0 Å². The molecule has 0 aliphatic carbocycles. The van der Waals surface area contributed by atoms with Gasteiger partial charge in [-0.3, -0.25) is 4.79 Å². The van der Waals surface area contributed by atoms with Crippen LogP contribution in [0.25, 0.3) is 0 Å². The monoisotopic (exact) mass is 206 g/mol. The third-order valence-electron chi connectivity index (χ3n) is 2.10. The van der Waals surface area contributed by atoms with E-state index in [-0.39, 0.29) is 0 Å². The second-order valence-corrected chi connectivity index (χ2v) is 3.29. The van der Waals surface area contributed by atoms with Crippen molar-refractivity contribution in [3.63, 3.8) is 0 Å². The van der Waals surface area contributed by atoms with E-state index in [1.807, 2.05) is 0 Å². The zero-order chi connectivity index (χ0) is 10.9. The molecule has 6 nitrogen and oxygen atoms in total. The van der Waals surface area contributed by atoms with Crippen LogP contribution in [0.1, 0.15) is 13.8 Å². The van der Waals surface area contributed by atoms with E-state index in [2.05, 4.69) is 4.74 Å². The highest BCUT2D eigenvalue weighted by Gasteiger charge is 2.43. The Hall–Kier alpha value is -0.690. The Morgan fingerprint density at radius 1 is 1.29 bits per heavy atom. The Morgan fingerprint density at radius 3 is 2.36 bits per heavy atom. The van der Waals surface area contributed by atoms with Crippen molar-refractivity contribution in [1.82, 2.24) is 0 Å². The van der Waals surface area contributed by atoms with Crippen LogP contribution in [0.5, 0.6) is 0 Å². The standard InChI is InChI=1S/C8H14O6/c1-3-5(10)6(11)7(8(12)13-3)14-4(2)9/h3,5-8,10-12H,1-2H3/t3-,5+,6+,7-,8?/m0/s1. The summed E-state index contributed by atoms with van der Waals surface area (Å²) in [6.45, 7) is 2.64. The number of hydrogen-bond donors (Lipinski definition) is 3. The second-order valence-electron chi connectivity index (χ2n) is 3.29. The van der Waals surface area contributed by atoms with Crippen molar-refractivity contribution in [2.24, 2.45) is 0 Å². The summed E-state index contributed by atoms with van der Waals surface area (Å²) >= 11 is 0. The van der Waals surface area contributed by atoms with Gasteiger partial charge in [-0.25, -0.2) is 0 Å². The molecule has 0 spiro atoms. The minimum Gasteiger partial charge on any atom is -0.454 e. The summed E-state index contributed by atoms with van der Waals surface area (Å²) in [5, 5.41) is 28.1. The van der Waals surface area contributed by atoms with E-state index in [1.165, 1.54) is 6.92 Å². The molecule has 0 aromatic heterocycles. The predicted octanol–water partition coefficient (Wildman–Crippen LogP) is -1.62. The van der Waals surface area contributed by atoms with Gasteiger partial charge in [0.1, 0.15) is 12.2 Å². The molecular formula is C8H14O6. The summed E-state index contributed by atoms with van der Waals surface area (Å²) in [4.78, 5) is 10.6. The zero-order valence-electron chi connectivity index (χ0n) is 7.95. The van der Waals surface area contributed by atoms with Gasteiger partial charge in [-0.1, -0.05) is 0 Å². The molecule has 1 rings (SSSR count). The molecule has 1 heterocycles. The van der Waals surface area contributed by atoms with Crippen molar-refractivity contribution in [1.29, 1.82) is 0 Å². The van der Waals surface area contributed by atoms with Gasteiger partial charge in [0, 0.05) is 6.92 Å². The van der Waals surface area contributed by atoms with Crippen LogP contribution in [-0.4, -0.2) is 52.0 Å². The second kappa shape index (κ2) is 4.22. The lowest BCUT2D eigenvalue weighted by Crippen LogP contribution is -2.57. The summed E-state index contributed by atoms with van der Waals surface area (Å²) in [5.41, 5.74) is 0. The topological polar surface area (TPSA) is 96.2 Å². The van der Waals surface area contributed by atoms with Crippen LogP contribution >= 0.6 is 0 Å². The smallest absolute Gasteiger partial charge is 0.303 e. The highest BCUT2D eigenvalue weighted by atomic mass is 16.7. The van der Waals surface area contributed by atoms with Gasteiger partial charge in [0.25, 0.3) is 0 Å². The molecule has 0 aromatic rings. The molecule has 0 radical (unpaired) electrons. The van der Waals surface area contributed by atoms with Gasteiger partial charge in [0.05, 0.1) is 6.10 Å². The molecule has 1 unspecified atom stereocenters. The highest BCUT2D eigenvalue weighted by Crippen LogP contribution is 2.21. The molecular weight excluding hydrogens is 192 g/mol. The first-order valence-corrected chi connectivity index (χ1v) is 4.30. The third-order valence-corrected chi connectivity index (χ3v) is 2.10. The lowest BCUT2D eigenvalue weighted by molar-refractivity contribution is -0.282. The Bertz CT molecular complexity index is 218. The largest absolute Gasteiger partial charge is 0.454 e. The van der Waals surface area contributed by atoms with Crippen LogP contribution < -0.4 is 0 Å². The minimum atomic E-state index is -1.41. The summed E-state index contributed by atoms with van der Waals surface area (Å²) in [6.07, 6.45) is -5.86. The summed E-state index contributed by atoms with van der Waals surface area (Å²) < 4.78 is 9.46. The fourth-order valence-electron chi connectivity index (χ4n) is 1.34. The summed E-state index contributed by atoms with van der Waals surface area (Å²) in [6, 6.07) is 0. The molecule has 5 atom stereocenters.